The van der Waals surface area contributed by atoms with E-state index in [0.717, 1.165) is 16.8 Å². The molecule has 2 aromatic rings. The van der Waals surface area contributed by atoms with Crippen LogP contribution in [0.25, 0.3) is 0 Å². The van der Waals surface area contributed by atoms with E-state index in [1.54, 1.807) is 6.07 Å². The van der Waals surface area contributed by atoms with Crippen LogP contribution in [0, 0.1) is 5.82 Å². The molecule has 0 aliphatic heterocycles. The van der Waals surface area contributed by atoms with Gasteiger partial charge in [0.05, 0.1) is 6.61 Å². The maximum atomic E-state index is 13.1. The van der Waals surface area contributed by atoms with E-state index >= 15 is 0 Å². The number of aliphatic hydroxyl groups is 1. The fraction of sp³-hybridized carbons (Fsp3) is 0.200. The van der Waals surface area contributed by atoms with Crippen LogP contribution in [-0.2, 0) is 6.61 Å². The van der Waals surface area contributed by atoms with Gasteiger partial charge in [-0.25, -0.2) is 4.39 Å². The van der Waals surface area contributed by atoms with Crippen molar-refractivity contribution in [3.05, 3.63) is 65.5 Å². The second-order valence-corrected chi connectivity index (χ2v) is 4.28. The minimum absolute atomic E-state index is 0.0283. The Kier molecular flexibility index (Phi) is 3.95. The van der Waals surface area contributed by atoms with Crippen molar-refractivity contribution in [2.24, 2.45) is 0 Å². The van der Waals surface area contributed by atoms with Crippen LogP contribution in [0.15, 0.2) is 48.5 Å². The monoisotopic (exact) mass is 245 g/mol. The molecule has 18 heavy (non-hydrogen) atoms. The molecule has 2 rings (SSSR count). The lowest BCUT2D eigenvalue weighted by Gasteiger charge is -2.16. The Morgan fingerprint density at radius 2 is 1.94 bits per heavy atom. The second kappa shape index (κ2) is 5.65. The highest BCUT2D eigenvalue weighted by molar-refractivity contribution is 5.45. The predicted molar refractivity (Wildman–Crippen MR) is 70.8 cm³/mol. The Balaban J connectivity index is 2.13. The molecule has 0 amide bonds. The third kappa shape index (κ3) is 3.08. The molecule has 0 spiro atoms. The molecular formula is C15H16FNO. The molecule has 3 heteroatoms. The summed E-state index contributed by atoms with van der Waals surface area (Å²) in [6, 6.07) is 14.1. The lowest BCUT2D eigenvalue weighted by molar-refractivity contribution is 0.281. The minimum Gasteiger partial charge on any atom is -0.392 e. The van der Waals surface area contributed by atoms with Crippen molar-refractivity contribution < 1.29 is 9.50 Å². The van der Waals surface area contributed by atoms with Gasteiger partial charge in [-0.1, -0.05) is 30.3 Å². The van der Waals surface area contributed by atoms with E-state index in [9.17, 15) is 4.39 Å². The van der Waals surface area contributed by atoms with Crippen LogP contribution in [0.5, 0.6) is 0 Å². The predicted octanol–water partition coefficient (Wildman–Crippen LogP) is 3.49. The van der Waals surface area contributed by atoms with Gasteiger partial charge in [-0.15, -0.1) is 0 Å². The first-order valence-electron chi connectivity index (χ1n) is 5.91. The lowest BCUT2D eigenvalue weighted by atomic mass is 10.1. The smallest absolute Gasteiger partial charge is 0.125 e. The molecule has 0 fully saturated rings. The molecule has 0 radical (unpaired) electrons. The number of hydrogen-bond donors (Lipinski definition) is 2. The van der Waals surface area contributed by atoms with Crippen molar-refractivity contribution in [1.29, 1.82) is 0 Å². The molecule has 0 aromatic heterocycles. The summed E-state index contributed by atoms with van der Waals surface area (Å²) in [4.78, 5) is 0. The van der Waals surface area contributed by atoms with Crippen LogP contribution >= 0.6 is 0 Å². The second-order valence-electron chi connectivity index (χ2n) is 4.28. The Labute approximate surface area is 106 Å². The highest BCUT2D eigenvalue weighted by Crippen LogP contribution is 2.20. The summed E-state index contributed by atoms with van der Waals surface area (Å²) in [5, 5.41) is 12.3. The van der Waals surface area contributed by atoms with Crippen LogP contribution in [0.3, 0.4) is 0 Å². The molecule has 0 saturated heterocycles. The molecule has 0 heterocycles. The maximum absolute atomic E-state index is 13.1. The average molecular weight is 245 g/mol. The summed E-state index contributed by atoms with van der Waals surface area (Å²) >= 11 is 0. The van der Waals surface area contributed by atoms with E-state index in [1.807, 2.05) is 37.3 Å². The van der Waals surface area contributed by atoms with Crippen LogP contribution in [0.4, 0.5) is 10.1 Å². The molecule has 2 nitrogen and oxygen atoms in total. The third-order valence-corrected chi connectivity index (χ3v) is 2.84. The topological polar surface area (TPSA) is 32.3 Å². The maximum Gasteiger partial charge on any atom is 0.125 e. The first-order chi connectivity index (χ1) is 8.69. The summed E-state index contributed by atoms with van der Waals surface area (Å²) in [6.07, 6.45) is 0. The van der Waals surface area contributed by atoms with Crippen molar-refractivity contribution in [2.75, 3.05) is 5.32 Å². The van der Waals surface area contributed by atoms with Crippen LogP contribution in [-0.4, -0.2) is 5.11 Å². The highest BCUT2D eigenvalue weighted by Gasteiger charge is 2.06. The molecular weight excluding hydrogens is 229 g/mol. The summed E-state index contributed by atoms with van der Waals surface area (Å²) < 4.78 is 13.1. The normalized spacial score (nSPS) is 12.2. The number of hydrogen-bond acceptors (Lipinski definition) is 2. The fourth-order valence-electron chi connectivity index (χ4n) is 1.87. The lowest BCUT2D eigenvalue weighted by Crippen LogP contribution is -2.07. The van der Waals surface area contributed by atoms with Crippen LogP contribution < -0.4 is 5.32 Å². The van der Waals surface area contributed by atoms with Crippen molar-refractivity contribution in [3.8, 4) is 0 Å². The molecule has 1 atom stereocenters. The number of benzene rings is 2. The molecule has 2 aromatic carbocycles. The first kappa shape index (κ1) is 12.6. The summed E-state index contributed by atoms with van der Waals surface area (Å²) in [7, 11) is 0. The Bertz CT molecular complexity index is 527. The largest absolute Gasteiger partial charge is 0.392 e. The van der Waals surface area contributed by atoms with Crippen molar-refractivity contribution >= 4 is 5.69 Å². The zero-order chi connectivity index (χ0) is 13.0. The average Bonchev–Trinajstić information content (AvgIpc) is 2.39. The van der Waals surface area contributed by atoms with Crippen LogP contribution in [0.1, 0.15) is 24.1 Å². The van der Waals surface area contributed by atoms with Gasteiger partial charge in [0.25, 0.3) is 0 Å². The SMILES string of the molecule is CC(Nc1cccc(F)c1)c1cccc(CO)c1. The van der Waals surface area contributed by atoms with Gasteiger partial charge in [0.15, 0.2) is 0 Å². The first-order valence-corrected chi connectivity index (χ1v) is 5.91. The molecule has 1 unspecified atom stereocenters. The Morgan fingerprint density at radius 3 is 2.67 bits per heavy atom. The van der Waals surface area contributed by atoms with E-state index in [0.29, 0.717) is 0 Å². The molecule has 0 saturated carbocycles. The molecule has 2 N–H and O–H groups in total. The van der Waals surface area contributed by atoms with Gasteiger partial charge >= 0.3 is 0 Å². The van der Waals surface area contributed by atoms with E-state index < -0.39 is 0 Å². The van der Waals surface area contributed by atoms with Gasteiger partial charge < -0.3 is 10.4 Å². The molecule has 0 bridgehead atoms. The fourth-order valence-corrected chi connectivity index (χ4v) is 1.87. The number of anilines is 1. The van der Waals surface area contributed by atoms with Gasteiger partial charge in [0.2, 0.25) is 0 Å². The van der Waals surface area contributed by atoms with Crippen molar-refractivity contribution in [1.82, 2.24) is 0 Å². The van der Waals surface area contributed by atoms with Gasteiger partial charge in [-0.2, -0.15) is 0 Å². The van der Waals surface area contributed by atoms with E-state index in [1.165, 1.54) is 12.1 Å². The van der Waals surface area contributed by atoms with E-state index in [-0.39, 0.29) is 18.5 Å². The zero-order valence-corrected chi connectivity index (χ0v) is 10.2. The van der Waals surface area contributed by atoms with Crippen LogP contribution in [0.2, 0.25) is 0 Å². The zero-order valence-electron chi connectivity index (χ0n) is 10.2. The van der Waals surface area contributed by atoms with Gasteiger partial charge in [-0.3, -0.25) is 0 Å². The summed E-state index contributed by atoms with van der Waals surface area (Å²) in [6.45, 7) is 2.03. The summed E-state index contributed by atoms with van der Waals surface area (Å²) in [5.41, 5.74) is 2.68. The van der Waals surface area contributed by atoms with E-state index in [2.05, 4.69) is 5.32 Å². The van der Waals surface area contributed by atoms with Gasteiger partial charge in [0, 0.05) is 11.7 Å². The third-order valence-electron chi connectivity index (χ3n) is 2.84. The number of rotatable bonds is 4. The van der Waals surface area contributed by atoms with Crippen molar-refractivity contribution in [3.63, 3.8) is 0 Å². The number of aliphatic hydroxyl groups excluding tert-OH is 1. The minimum atomic E-state index is -0.253. The standard InChI is InChI=1S/C15H16FNO/c1-11(13-5-2-4-12(8-13)10-18)17-15-7-3-6-14(16)9-15/h2-9,11,17-18H,10H2,1H3. The Hall–Kier alpha value is -1.87. The number of halogens is 1. The number of nitrogens with one attached hydrogen (secondary N) is 1. The molecule has 0 aliphatic rings. The quantitative estimate of drug-likeness (QED) is 0.864. The van der Waals surface area contributed by atoms with Gasteiger partial charge in [0.1, 0.15) is 5.82 Å². The molecule has 94 valence electrons. The van der Waals surface area contributed by atoms with Gasteiger partial charge in [-0.05, 0) is 36.2 Å². The van der Waals surface area contributed by atoms with E-state index in [4.69, 9.17) is 5.11 Å². The Morgan fingerprint density at radius 1 is 1.17 bits per heavy atom. The highest BCUT2D eigenvalue weighted by atomic mass is 19.1. The summed E-state index contributed by atoms with van der Waals surface area (Å²) in [5.74, 6) is -0.253. The molecule has 0 aliphatic carbocycles. The van der Waals surface area contributed by atoms with Crippen molar-refractivity contribution in [2.45, 2.75) is 19.6 Å².